The number of hydrogen-bond acceptors (Lipinski definition) is 4. The van der Waals surface area contributed by atoms with E-state index >= 15 is 0 Å². The van der Waals surface area contributed by atoms with E-state index in [4.69, 9.17) is 0 Å². The minimum Gasteiger partial charge on any atom is -0.568 e. The van der Waals surface area contributed by atoms with Crippen molar-refractivity contribution < 1.29 is 4.55 Å². The number of nitrogens with zero attached hydrogens (tertiary/aromatic N) is 2. The SMILES string of the molecule is CCCCn1sc2ccccc2c1=O.[O-][s+]1ncc2ccccc21. The highest BCUT2D eigenvalue weighted by atomic mass is 32.2. The van der Waals surface area contributed by atoms with E-state index in [1.807, 2.05) is 52.5 Å². The summed E-state index contributed by atoms with van der Waals surface area (Å²) in [5.41, 5.74) is 0.166. The van der Waals surface area contributed by atoms with E-state index < -0.39 is 10.9 Å². The van der Waals surface area contributed by atoms with Crippen LogP contribution >= 0.6 is 22.5 Å². The molecule has 6 heteroatoms. The fraction of sp³-hybridized carbons (Fsp3) is 0.222. The highest BCUT2D eigenvalue weighted by Gasteiger charge is 2.05. The van der Waals surface area contributed by atoms with Gasteiger partial charge in [0.15, 0.2) is 0 Å². The van der Waals surface area contributed by atoms with Crippen LogP contribution in [0.5, 0.6) is 0 Å². The number of aryl methyl sites for hydroxylation is 1. The topological polar surface area (TPSA) is 58.0 Å². The van der Waals surface area contributed by atoms with Crippen LogP contribution < -0.4 is 5.56 Å². The maximum absolute atomic E-state index is 11.8. The number of unbranched alkanes of at least 4 members (excludes halogenated alkanes) is 1. The van der Waals surface area contributed by atoms with Crippen molar-refractivity contribution in [3.05, 3.63) is 65.1 Å². The van der Waals surface area contributed by atoms with E-state index in [0.717, 1.165) is 39.6 Å². The molecule has 24 heavy (non-hydrogen) atoms. The van der Waals surface area contributed by atoms with E-state index in [-0.39, 0.29) is 5.56 Å². The van der Waals surface area contributed by atoms with Crippen LogP contribution in [0.2, 0.25) is 0 Å². The normalized spacial score (nSPS) is 11.5. The van der Waals surface area contributed by atoms with E-state index in [9.17, 15) is 9.35 Å². The van der Waals surface area contributed by atoms with Crippen LogP contribution in [-0.4, -0.2) is 12.9 Å². The van der Waals surface area contributed by atoms with E-state index in [0.29, 0.717) is 0 Å². The molecule has 0 N–H and O–H groups in total. The Morgan fingerprint density at radius 3 is 2.67 bits per heavy atom. The average Bonchev–Trinajstić information content (AvgIpc) is 3.15. The van der Waals surface area contributed by atoms with Crippen LogP contribution in [-0.2, 0) is 6.54 Å². The zero-order valence-corrected chi connectivity index (χ0v) is 15.0. The summed E-state index contributed by atoms with van der Waals surface area (Å²) in [5.74, 6) is 0. The number of hydrogen-bond donors (Lipinski definition) is 0. The first-order chi connectivity index (χ1) is 11.7. The molecular weight excluding hydrogens is 340 g/mol. The molecule has 0 saturated carbocycles. The molecule has 2 aromatic carbocycles. The molecule has 1 unspecified atom stereocenters. The third-order valence-corrected chi connectivity index (χ3v) is 5.83. The molecular formula is C18H18N2O2S2. The summed E-state index contributed by atoms with van der Waals surface area (Å²) in [4.78, 5) is 11.8. The highest BCUT2D eigenvalue weighted by molar-refractivity contribution is 7.26. The van der Waals surface area contributed by atoms with Crippen molar-refractivity contribution >= 4 is 42.7 Å². The molecule has 0 bridgehead atoms. The minimum absolute atomic E-state index is 0.166. The Morgan fingerprint density at radius 1 is 1.17 bits per heavy atom. The Morgan fingerprint density at radius 2 is 1.92 bits per heavy atom. The molecule has 4 aromatic rings. The van der Waals surface area contributed by atoms with E-state index in [1.54, 1.807) is 17.7 Å². The summed E-state index contributed by atoms with van der Waals surface area (Å²) >= 11 is 1.57. The highest BCUT2D eigenvalue weighted by Crippen LogP contribution is 2.23. The quantitative estimate of drug-likeness (QED) is 0.493. The molecule has 4 rings (SSSR count). The molecule has 0 aliphatic carbocycles. The Kier molecular flexibility index (Phi) is 5.40. The lowest BCUT2D eigenvalue weighted by molar-refractivity contribution is 0.593. The van der Waals surface area contributed by atoms with Gasteiger partial charge < -0.3 is 4.55 Å². The molecule has 0 fully saturated rings. The van der Waals surface area contributed by atoms with Crippen LogP contribution in [0, 0.1) is 0 Å². The van der Waals surface area contributed by atoms with Gasteiger partial charge in [-0.05, 0) is 29.0 Å². The molecule has 0 saturated heterocycles. The van der Waals surface area contributed by atoms with Gasteiger partial charge in [-0.2, -0.15) is 0 Å². The Bertz CT molecular complexity index is 1000. The van der Waals surface area contributed by atoms with Crippen molar-refractivity contribution in [1.82, 2.24) is 8.33 Å². The predicted octanol–water partition coefficient (Wildman–Crippen LogP) is 4.83. The first-order valence-corrected chi connectivity index (χ1v) is 9.72. The van der Waals surface area contributed by atoms with Crippen LogP contribution in [0.4, 0.5) is 0 Å². The molecule has 124 valence electrons. The Hall–Kier alpha value is -2.02. The number of aromatic nitrogens is 2. The first-order valence-electron chi connectivity index (χ1n) is 7.84. The number of benzene rings is 2. The van der Waals surface area contributed by atoms with Gasteiger partial charge in [0.2, 0.25) is 4.70 Å². The van der Waals surface area contributed by atoms with Gasteiger partial charge in [0.25, 0.3) is 5.56 Å². The molecule has 2 heterocycles. The van der Waals surface area contributed by atoms with Gasteiger partial charge in [0, 0.05) is 12.6 Å². The van der Waals surface area contributed by atoms with E-state index in [1.165, 1.54) is 0 Å². The zero-order valence-electron chi connectivity index (χ0n) is 13.3. The molecule has 0 spiro atoms. The lowest BCUT2D eigenvalue weighted by Gasteiger charge is -1.95. The number of fused-ring (bicyclic) bond motifs is 2. The third-order valence-electron chi connectivity index (χ3n) is 3.66. The Labute approximate surface area is 147 Å². The van der Waals surface area contributed by atoms with Gasteiger partial charge in [-0.25, -0.2) is 0 Å². The number of rotatable bonds is 3. The third kappa shape index (κ3) is 3.56. The van der Waals surface area contributed by atoms with Crippen LogP contribution in [0.25, 0.3) is 20.2 Å². The molecule has 0 aliphatic heterocycles. The monoisotopic (exact) mass is 358 g/mol. The fourth-order valence-electron chi connectivity index (χ4n) is 2.37. The predicted molar refractivity (Wildman–Crippen MR) is 101 cm³/mol. The van der Waals surface area contributed by atoms with Crippen molar-refractivity contribution in [1.29, 1.82) is 0 Å². The first kappa shape index (κ1) is 16.8. The maximum Gasteiger partial charge on any atom is 0.268 e. The van der Waals surface area contributed by atoms with Crippen LogP contribution in [0.3, 0.4) is 0 Å². The standard InChI is InChI=1S/C11H13NOS.C7H5NOS/c1-2-3-8-12-11(13)9-6-4-5-7-10(9)14-12;9-10-7-4-2-1-3-6(7)5-8-10/h4-7H,2-3,8H2,1H3;1-5H. The van der Waals surface area contributed by atoms with Crippen molar-refractivity contribution in [3.63, 3.8) is 0 Å². The summed E-state index contributed by atoms with van der Waals surface area (Å²) in [6, 6.07) is 15.3. The lowest BCUT2D eigenvalue weighted by Crippen LogP contribution is -2.12. The van der Waals surface area contributed by atoms with Crippen molar-refractivity contribution in [2.75, 3.05) is 0 Å². The largest absolute Gasteiger partial charge is 0.568 e. The van der Waals surface area contributed by atoms with Crippen molar-refractivity contribution in [2.24, 2.45) is 0 Å². The summed E-state index contributed by atoms with van der Waals surface area (Å²) in [6.45, 7) is 2.99. The molecule has 0 aliphatic rings. The lowest BCUT2D eigenvalue weighted by atomic mass is 10.3. The molecule has 2 aromatic heterocycles. The van der Waals surface area contributed by atoms with Gasteiger partial charge in [0.1, 0.15) is 0 Å². The Balaban J connectivity index is 0.000000149. The molecule has 4 nitrogen and oxygen atoms in total. The average molecular weight is 358 g/mol. The zero-order chi connectivity index (χ0) is 16.9. The second-order valence-electron chi connectivity index (χ2n) is 5.37. The van der Waals surface area contributed by atoms with Gasteiger partial charge in [-0.1, -0.05) is 49.1 Å². The van der Waals surface area contributed by atoms with Crippen LogP contribution in [0.1, 0.15) is 19.8 Å². The van der Waals surface area contributed by atoms with E-state index in [2.05, 4.69) is 11.3 Å². The minimum atomic E-state index is -1.13. The summed E-state index contributed by atoms with van der Waals surface area (Å²) in [5, 5.41) is 1.83. The maximum atomic E-state index is 11.8. The molecule has 0 radical (unpaired) electrons. The fourth-order valence-corrected chi connectivity index (χ4v) is 4.25. The van der Waals surface area contributed by atoms with Crippen molar-refractivity contribution in [3.8, 4) is 0 Å². The summed E-state index contributed by atoms with van der Waals surface area (Å²) < 4.78 is 18.5. The second-order valence-corrected chi connectivity index (χ2v) is 7.58. The van der Waals surface area contributed by atoms with Gasteiger partial charge >= 0.3 is 0 Å². The second kappa shape index (κ2) is 7.70. The van der Waals surface area contributed by atoms with Crippen molar-refractivity contribution in [2.45, 2.75) is 26.3 Å². The van der Waals surface area contributed by atoms with Crippen LogP contribution in [0.15, 0.2) is 59.5 Å². The molecule has 0 amide bonds. The summed E-state index contributed by atoms with van der Waals surface area (Å²) in [6.07, 6.45) is 3.85. The van der Waals surface area contributed by atoms with Gasteiger partial charge in [-0.3, -0.25) is 8.75 Å². The van der Waals surface area contributed by atoms with Gasteiger partial charge in [-0.15, -0.1) is 0 Å². The molecule has 1 atom stereocenters. The van der Waals surface area contributed by atoms with Gasteiger partial charge in [0.05, 0.1) is 32.6 Å². The smallest absolute Gasteiger partial charge is 0.268 e. The summed E-state index contributed by atoms with van der Waals surface area (Å²) in [7, 11) is -1.13.